The zero-order chi connectivity index (χ0) is 16.7. The summed E-state index contributed by atoms with van der Waals surface area (Å²) in [5, 5.41) is 7.87. The maximum atomic E-state index is 12.0. The Labute approximate surface area is 141 Å². The standard InChI is InChI=1S/C16H26N4O2S/c1-13(2)18-16(22)12-20-7-5-19(6-8-20)11-15(21)17-10-14-4-3-9-23-14/h3-4,9,13H,5-8,10-12H2,1-2H3,(H,17,21)(H,18,22). The van der Waals surface area contributed by atoms with Crippen LogP contribution in [0.4, 0.5) is 0 Å². The molecule has 2 rings (SSSR count). The summed E-state index contributed by atoms with van der Waals surface area (Å²) in [6.07, 6.45) is 0. The second-order valence-electron chi connectivity index (χ2n) is 6.13. The van der Waals surface area contributed by atoms with Gasteiger partial charge in [-0.1, -0.05) is 6.07 Å². The van der Waals surface area contributed by atoms with Gasteiger partial charge >= 0.3 is 0 Å². The fourth-order valence-corrected chi connectivity index (χ4v) is 3.18. The van der Waals surface area contributed by atoms with Crippen molar-refractivity contribution in [2.24, 2.45) is 0 Å². The molecule has 1 fully saturated rings. The van der Waals surface area contributed by atoms with Crippen LogP contribution in [0.15, 0.2) is 17.5 Å². The summed E-state index contributed by atoms with van der Waals surface area (Å²) < 4.78 is 0. The highest BCUT2D eigenvalue weighted by atomic mass is 32.1. The molecule has 2 N–H and O–H groups in total. The van der Waals surface area contributed by atoms with Crippen LogP contribution in [0.5, 0.6) is 0 Å². The molecule has 6 nitrogen and oxygen atoms in total. The Morgan fingerprint density at radius 3 is 2.26 bits per heavy atom. The fraction of sp³-hybridized carbons (Fsp3) is 0.625. The average molecular weight is 338 g/mol. The smallest absolute Gasteiger partial charge is 0.234 e. The summed E-state index contributed by atoms with van der Waals surface area (Å²) >= 11 is 1.65. The molecule has 7 heteroatoms. The number of amides is 2. The molecule has 0 atom stereocenters. The molecule has 0 aliphatic carbocycles. The van der Waals surface area contributed by atoms with Crippen molar-refractivity contribution in [1.29, 1.82) is 0 Å². The van der Waals surface area contributed by atoms with Gasteiger partial charge in [0.25, 0.3) is 0 Å². The lowest BCUT2D eigenvalue weighted by atomic mass is 10.3. The summed E-state index contributed by atoms with van der Waals surface area (Å²) in [7, 11) is 0. The molecule has 0 spiro atoms. The normalized spacial score (nSPS) is 16.5. The highest BCUT2D eigenvalue weighted by Crippen LogP contribution is 2.07. The van der Waals surface area contributed by atoms with Crippen molar-refractivity contribution in [1.82, 2.24) is 20.4 Å². The van der Waals surface area contributed by atoms with Crippen LogP contribution in [0.3, 0.4) is 0 Å². The highest BCUT2D eigenvalue weighted by Gasteiger charge is 2.20. The van der Waals surface area contributed by atoms with Crippen LogP contribution in [0.1, 0.15) is 18.7 Å². The molecule has 23 heavy (non-hydrogen) atoms. The number of hydrogen-bond donors (Lipinski definition) is 2. The largest absolute Gasteiger partial charge is 0.353 e. The third kappa shape index (κ3) is 6.68. The number of thiophene rings is 1. The predicted octanol–water partition coefficient (Wildman–Crippen LogP) is 0.507. The molecule has 1 aromatic rings. The number of carbonyl (C=O) groups excluding carboxylic acids is 2. The van der Waals surface area contributed by atoms with E-state index in [1.165, 1.54) is 4.88 Å². The van der Waals surface area contributed by atoms with Gasteiger partial charge in [0.05, 0.1) is 19.6 Å². The number of piperazine rings is 1. The lowest BCUT2D eigenvalue weighted by molar-refractivity contribution is -0.125. The zero-order valence-corrected chi connectivity index (χ0v) is 14.7. The van der Waals surface area contributed by atoms with Crippen LogP contribution in [0, 0.1) is 0 Å². The molecular weight excluding hydrogens is 312 g/mol. The monoisotopic (exact) mass is 338 g/mol. The summed E-state index contributed by atoms with van der Waals surface area (Å²) in [6.45, 7) is 8.69. The van der Waals surface area contributed by atoms with Crippen molar-refractivity contribution < 1.29 is 9.59 Å². The first-order valence-corrected chi connectivity index (χ1v) is 8.94. The minimum atomic E-state index is 0.0596. The van der Waals surface area contributed by atoms with Crippen molar-refractivity contribution in [2.75, 3.05) is 39.3 Å². The van der Waals surface area contributed by atoms with E-state index in [9.17, 15) is 9.59 Å². The third-order valence-electron chi connectivity index (χ3n) is 3.69. The van der Waals surface area contributed by atoms with E-state index in [0.717, 1.165) is 26.2 Å². The Balaban J connectivity index is 1.62. The van der Waals surface area contributed by atoms with Gasteiger partial charge in [-0.05, 0) is 25.3 Å². The van der Waals surface area contributed by atoms with Gasteiger partial charge in [0.2, 0.25) is 11.8 Å². The molecule has 0 bridgehead atoms. The van der Waals surface area contributed by atoms with Crippen molar-refractivity contribution in [2.45, 2.75) is 26.4 Å². The first kappa shape index (κ1) is 17.9. The molecule has 128 valence electrons. The van der Waals surface area contributed by atoms with E-state index in [2.05, 4.69) is 20.4 Å². The van der Waals surface area contributed by atoms with Crippen molar-refractivity contribution >= 4 is 23.2 Å². The molecule has 0 radical (unpaired) electrons. The molecular formula is C16H26N4O2S. The minimum Gasteiger partial charge on any atom is -0.353 e. The summed E-state index contributed by atoms with van der Waals surface area (Å²) in [5.74, 6) is 0.131. The van der Waals surface area contributed by atoms with Gasteiger partial charge in [-0.3, -0.25) is 19.4 Å². The van der Waals surface area contributed by atoms with Gasteiger partial charge in [0, 0.05) is 37.1 Å². The van der Waals surface area contributed by atoms with Gasteiger partial charge in [-0.2, -0.15) is 0 Å². The number of carbonyl (C=O) groups is 2. The van der Waals surface area contributed by atoms with Crippen LogP contribution in [-0.2, 0) is 16.1 Å². The van der Waals surface area contributed by atoms with Crippen LogP contribution >= 0.6 is 11.3 Å². The number of hydrogen-bond acceptors (Lipinski definition) is 5. The Bertz CT molecular complexity index is 496. The topological polar surface area (TPSA) is 64.7 Å². The van der Waals surface area contributed by atoms with Crippen LogP contribution in [0.2, 0.25) is 0 Å². The van der Waals surface area contributed by atoms with E-state index in [-0.39, 0.29) is 17.9 Å². The van der Waals surface area contributed by atoms with E-state index in [4.69, 9.17) is 0 Å². The molecule has 1 aliphatic heterocycles. The first-order valence-electron chi connectivity index (χ1n) is 8.06. The Kier molecular flexibility index (Phi) is 7.01. The van der Waals surface area contributed by atoms with E-state index in [0.29, 0.717) is 19.6 Å². The fourth-order valence-electron chi connectivity index (χ4n) is 2.53. The van der Waals surface area contributed by atoms with Crippen molar-refractivity contribution in [3.05, 3.63) is 22.4 Å². The van der Waals surface area contributed by atoms with Crippen LogP contribution in [0.25, 0.3) is 0 Å². The molecule has 1 aromatic heterocycles. The maximum Gasteiger partial charge on any atom is 0.234 e. The summed E-state index contributed by atoms with van der Waals surface area (Å²) in [5.41, 5.74) is 0. The maximum absolute atomic E-state index is 12.0. The first-order chi connectivity index (χ1) is 11.0. The van der Waals surface area contributed by atoms with Gasteiger partial charge in [0.1, 0.15) is 0 Å². The lowest BCUT2D eigenvalue weighted by Gasteiger charge is -2.33. The predicted molar refractivity (Wildman–Crippen MR) is 92.3 cm³/mol. The zero-order valence-electron chi connectivity index (χ0n) is 13.9. The van der Waals surface area contributed by atoms with E-state index < -0.39 is 0 Å². The van der Waals surface area contributed by atoms with E-state index >= 15 is 0 Å². The van der Waals surface area contributed by atoms with Crippen LogP contribution < -0.4 is 10.6 Å². The molecule has 0 unspecified atom stereocenters. The van der Waals surface area contributed by atoms with Gasteiger partial charge < -0.3 is 10.6 Å². The van der Waals surface area contributed by atoms with E-state index in [1.807, 2.05) is 31.4 Å². The molecule has 2 heterocycles. The van der Waals surface area contributed by atoms with E-state index in [1.54, 1.807) is 11.3 Å². The third-order valence-corrected chi connectivity index (χ3v) is 4.57. The molecule has 0 saturated carbocycles. The van der Waals surface area contributed by atoms with Crippen LogP contribution in [-0.4, -0.2) is 66.9 Å². The molecule has 2 amide bonds. The lowest BCUT2D eigenvalue weighted by Crippen LogP contribution is -2.51. The summed E-state index contributed by atoms with van der Waals surface area (Å²) in [4.78, 5) is 29.2. The number of nitrogens with one attached hydrogen (secondary N) is 2. The second-order valence-corrected chi connectivity index (χ2v) is 7.16. The molecule has 1 saturated heterocycles. The minimum absolute atomic E-state index is 0.0596. The summed E-state index contributed by atoms with van der Waals surface area (Å²) in [6, 6.07) is 4.18. The average Bonchev–Trinajstić information content (AvgIpc) is 3.00. The Hall–Kier alpha value is -1.44. The number of rotatable bonds is 7. The SMILES string of the molecule is CC(C)NC(=O)CN1CCN(CC(=O)NCc2cccs2)CC1. The van der Waals surface area contributed by atoms with Gasteiger partial charge in [0.15, 0.2) is 0 Å². The Morgan fingerprint density at radius 2 is 1.74 bits per heavy atom. The molecule has 0 aromatic carbocycles. The molecule has 1 aliphatic rings. The van der Waals surface area contributed by atoms with Crippen molar-refractivity contribution in [3.8, 4) is 0 Å². The highest BCUT2D eigenvalue weighted by molar-refractivity contribution is 7.09. The van der Waals surface area contributed by atoms with Gasteiger partial charge in [-0.15, -0.1) is 11.3 Å². The van der Waals surface area contributed by atoms with Crippen molar-refractivity contribution in [3.63, 3.8) is 0 Å². The number of nitrogens with zero attached hydrogens (tertiary/aromatic N) is 2. The Morgan fingerprint density at radius 1 is 1.13 bits per heavy atom. The van der Waals surface area contributed by atoms with Gasteiger partial charge in [-0.25, -0.2) is 0 Å². The second kappa shape index (κ2) is 9.00. The quantitative estimate of drug-likeness (QED) is 0.760.